The van der Waals surface area contributed by atoms with Crippen molar-refractivity contribution in [1.82, 2.24) is 0 Å². The zero-order valence-electron chi connectivity index (χ0n) is 18.8. The van der Waals surface area contributed by atoms with Crippen LogP contribution in [0, 0.1) is 40.3 Å². The van der Waals surface area contributed by atoms with E-state index in [0.29, 0.717) is 5.92 Å². The molecule has 2 aliphatic carbocycles. The number of benzene rings is 1. The lowest BCUT2D eigenvalue weighted by Crippen LogP contribution is -2.29. The van der Waals surface area contributed by atoms with Crippen molar-refractivity contribution in [2.24, 2.45) is 11.8 Å². The monoisotopic (exact) mass is 452 g/mol. The molecular formula is C27H30F2N2O2. The number of rotatable bonds is 7. The molecule has 0 saturated heterocycles. The van der Waals surface area contributed by atoms with Crippen molar-refractivity contribution in [3.05, 3.63) is 59.2 Å². The predicted molar refractivity (Wildman–Crippen MR) is 121 cm³/mol. The Morgan fingerprint density at radius 3 is 2.45 bits per heavy atom. The van der Waals surface area contributed by atoms with Gasteiger partial charge in [0.05, 0.1) is 11.5 Å². The Morgan fingerprint density at radius 1 is 1.09 bits per heavy atom. The molecule has 0 heterocycles. The summed E-state index contributed by atoms with van der Waals surface area (Å²) in [6.45, 7) is 0. The highest BCUT2D eigenvalue weighted by Gasteiger charge is 2.31. The highest BCUT2D eigenvalue weighted by molar-refractivity contribution is 5.72. The van der Waals surface area contributed by atoms with Crippen LogP contribution in [0.2, 0.25) is 0 Å². The van der Waals surface area contributed by atoms with E-state index in [9.17, 15) is 13.6 Å². The molecule has 3 rings (SSSR count). The minimum atomic E-state index is -0.790. The summed E-state index contributed by atoms with van der Waals surface area (Å²) in [7, 11) is 0. The quantitative estimate of drug-likeness (QED) is 0.259. The van der Waals surface area contributed by atoms with Gasteiger partial charge in [-0.2, -0.15) is 14.9 Å². The molecule has 4 nitrogen and oxygen atoms in total. The number of hydrogen-bond donors (Lipinski definition) is 0. The molecule has 2 fully saturated rings. The molecule has 0 aliphatic heterocycles. The van der Waals surface area contributed by atoms with Gasteiger partial charge in [-0.05, 0) is 99.8 Å². The van der Waals surface area contributed by atoms with E-state index in [2.05, 4.69) is 0 Å². The Balaban J connectivity index is 1.36. The fourth-order valence-corrected chi connectivity index (χ4v) is 4.96. The smallest absolute Gasteiger partial charge is 0.309 e. The number of esters is 1. The van der Waals surface area contributed by atoms with Crippen molar-refractivity contribution in [2.75, 3.05) is 0 Å². The Labute approximate surface area is 194 Å². The molecule has 2 saturated carbocycles. The van der Waals surface area contributed by atoms with Gasteiger partial charge in [0.25, 0.3) is 0 Å². The number of ether oxygens (including phenoxy) is 1. The van der Waals surface area contributed by atoms with E-state index in [1.807, 2.05) is 18.2 Å². The normalized spacial score (nSPS) is 25.9. The third-order valence-electron chi connectivity index (χ3n) is 6.95. The molecule has 2 aliphatic rings. The Kier molecular flexibility index (Phi) is 9.19. The number of allylic oxidation sites excluding steroid dienone is 4. The van der Waals surface area contributed by atoms with Gasteiger partial charge in [-0.15, -0.1) is 0 Å². The van der Waals surface area contributed by atoms with Gasteiger partial charge in [0.2, 0.25) is 0 Å². The molecule has 6 heteroatoms. The number of nitriles is 2. The van der Waals surface area contributed by atoms with Crippen molar-refractivity contribution in [1.29, 1.82) is 10.5 Å². The van der Waals surface area contributed by atoms with Crippen molar-refractivity contribution >= 4 is 5.97 Å². The first-order valence-electron chi connectivity index (χ1n) is 11.8. The van der Waals surface area contributed by atoms with Crippen LogP contribution in [0.3, 0.4) is 0 Å². The molecule has 33 heavy (non-hydrogen) atoms. The van der Waals surface area contributed by atoms with Crippen molar-refractivity contribution in [3.63, 3.8) is 0 Å². The fourth-order valence-electron chi connectivity index (χ4n) is 4.96. The van der Waals surface area contributed by atoms with Gasteiger partial charge in [0.1, 0.15) is 24.1 Å². The average Bonchev–Trinajstić information content (AvgIpc) is 2.84. The second-order valence-electron chi connectivity index (χ2n) is 9.11. The Morgan fingerprint density at radius 2 is 1.82 bits per heavy atom. The topological polar surface area (TPSA) is 73.9 Å². The van der Waals surface area contributed by atoms with Gasteiger partial charge in [0, 0.05) is 0 Å². The molecular weight excluding hydrogens is 422 g/mol. The highest BCUT2D eigenvalue weighted by Crippen LogP contribution is 2.36. The number of carbonyl (C=O) groups is 1. The number of carbonyl (C=O) groups excluding carboxylic acids is 1. The van der Waals surface area contributed by atoms with Crippen LogP contribution in [-0.2, 0) is 9.53 Å². The maximum absolute atomic E-state index is 13.9. The van der Waals surface area contributed by atoms with E-state index in [0.717, 1.165) is 69.8 Å². The summed E-state index contributed by atoms with van der Waals surface area (Å²) in [6, 6.07) is 8.12. The Hall–Kier alpha value is -2.99. The van der Waals surface area contributed by atoms with E-state index in [4.69, 9.17) is 15.3 Å². The first-order chi connectivity index (χ1) is 16.0. The van der Waals surface area contributed by atoms with Crippen molar-refractivity contribution < 1.29 is 18.3 Å². The van der Waals surface area contributed by atoms with Gasteiger partial charge < -0.3 is 4.74 Å². The molecule has 0 amide bonds. The van der Waals surface area contributed by atoms with Crippen LogP contribution in [0.1, 0.15) is 81.3 Å². The van der Waals surface area contributed by atoms with Gasteiger partial charge in [0.15, 0.2) is 5.83 Å². The molecule has 1 aromatic carbocycles. The molecule has 0 unspecified atom stereocenters. The molecule has 0 aromatic heterocycles. The summed E-state index contributed by atoms with van der Waals surface area (Å²) in [5, 5.41) is 17.2. The molecule has 0 radical (unpaired) electrons. The van der Waals surface area contributed by atoms with E-state index < -0.39 is 11.6 Å². The Bertz CT molecular complexity index is 957. The predicted octanol–water partition coefficient (Wildman–Crippen LogP) is 6.79. The third-order valence-corrected chi connectivity index (χ3v) is 6.95. The van der Waals surface area contributed by atoms with E-state index >= 15 is 0 Å². The molecule has 1 aromatic rings. The molecule has 0 atom stereocenters. The van der Waals surface area contributed by atoms with Crippen LogP contribution < -0.4 is 0 Å². The standard InChI is InChI=1S/C27H30F2N2O2/c28-24(18-31)5-3-1-2-4-19-6-8-21(9-7-19)27(32)33-25-14-12-20(13-15-25)22-10-11-23(17-30)26(29)16-22/h1,3,5,10-11,16,19-21,25H,2,4,6-9,12-15H2. The van der Waals surface area contributed by atoms with Gasteiger partial charge in [-0.3, -0.25) is 4.79 Å². The van der Waals surface area contributed by atoms with Crippen LogP contribution >= 0.6 is 0 Å². The van der Waals surface area contributed by atoms with E-state index in [-0.39, 0.29) is 29.5 Å². The molecule has 0 N–H and O–H groups in total. The maximum atomic E-state index is 13.9. The SMILES string of the molecule is N#CC(F)=CC=CCCC1CCC(C(=O)OC2CCC(c3ccc(C#N)c(F)c3)CC2)CC1. The zero-order chi connectivity index (χ0) is 23.6. The molecule has 0 bridgehead atoms. The number of halogens is 2. The summed E-state index contributed by atoms with van der Waals surface area (Å²) in [5.41, 5.74) is 0.978. The van der Waals surface area contributed by atoms with Gasteiger partial charge in [-0.1, -0.05) is 18.2 Å². The second kappa shape index (κ2) is 12.3. The molecule has 0 spiro atoms. The lowest BCUT2D eigenvalue weighted by molar-refractivity contribution is -0.157. The fraction of sp³-hybridized carbons (Fsp3) is 0.519. The maximum Gasteiger partial charge on any atom is 0.309 e. The average molecular weight is 453 g/mol. The zero-order valence-corrected chi connectivity index (χ0v) is 18.8. The summed E-state index contributed by atoms with van der Waals surface area (Å²) >= 11 is 0. The molecule has 174 valence electrons. The number of hydrogen-bond acceptors (Lipinski definition) is 4. The summed E-state index contributed by atoms with van der Waals surface area (Å²) in [4.78, 5) is 12.6. The van der Waals surface area contributed by atoms with Crippen molar-refractivity contribution in [3.8, 4) is 12.1 Å². The second-order valence-corrected chi connectivity index (χ2v) is 9.11. The van der Waals surface area contributed by atoms with Gasteiger partial charge >= 0.3 is 5.97 Å². The first kappa shape index (κ1) is 24.6. The van der Waals surface area contributed by atoms with Crippen LogP contribution in [0.5, 0.6) is 0 Å². The van der Waals surface area contributed by atoms with Crippen LogP contribution in [0.25, 0.3) is 0 Å². The minimum Gasteiger partial charge on any atom is -0.462 e. The first-order valence-corrected chi connectivity index (χ1v) is 11.8. The lowest BCUT2D eigenvalue weighted by atomic mass is 9.79. The third kappa shape index (κ3) is 7.26. The summed E-state index contributed by atoms with van der Waals surface area (Å²) in [6.07, 6.45) is 13.3. The largest absolute Gasteiger partial charge is 0.462 e. The van der Waals surface area contributed by atoms with E-state index in [1.54, 1.807) is 6.08 Å². The summed E-state index contributed by atoms with van der Waals surface area (Å²) in [5.74, 6) is -0.583. The highest BCUT2D eigenvalue weighted by atomic mass is 19.1. The van der Waals surface area contributed by atoms with Crippen LogP contribution in [-0.4, -0.2) is 12.1 Å². The van der Waals surface area contributed by atoms with Crippen LogP contribution in [0.15, 0.2) is 42.3 Å². The van der Waals surface area contributed by atoms with Crippen molar-refractivity contribution in [2.45, 2.75) is 76.2 Å². The number of nitrogens with zero attached hydrogens (tertiary/aromatic N) is 2. The summed E-state index contributed by atoms with van der Waals surface area (Å²) < 4.78 is 32.5. The van der Waals surface area contributed by atoms with Gasteiger partial charge in [-0.25, -0.2) is 4.39 Å². The van der Waals surface area contributed by atoms with Crippen LogP contribution in [0.4, 0.5) is 8.78 Å². The lowest BCUT2D eigenvalue weighted by Gasteiger charge is -2.31. The minimum absolute atomic E-state index is 0.0326. The van der Waals surface area contributed by atoms with E-state index in [1.165, 1.54) is 24.3 Å².